The van der Waals surface area contributed by atoms with Crippen LogP contribution < -0.4 is 5.32 Å². The third kappa shape index (κ3) is 2.76. The van der Waals surface area contributed by atoms with Gasteiger partial charge in [0.2, 0.25) is 0 Å². The van der Waals surface area contributed by atoms with E-state index < -0.39 is 0 Å². The average Bonchev–Trinajstić information content (AvgIpc) is 2.87. The second-order valence-electron chi connectivity index (χ2n) is 6.16. The summed E-state index contributed by atoms with van der Waals surface area (Å²) in [6.45, 7) is 2.00. The van der Waals surface area contributed by atoms with Crippen LogP contribution in [0.1, 0.15) is 36.4 Å². The molecule has 3 unspecified atom stereocenters. The molecule has 1 N–H and O–H groups in total. The average molecular weight is 274 g/mol. The van der Waals surface area contributed by atoms with Gasteiger partial charge in [-0.1, -0.05) is 24.3 Å². The predicted octanol–water partition coefficient (Wildman–Crippen LogP) is 2.37. The Morgan fingerprint density at radius 3 is 2.90 bits per heavy atom. The molecule has 3 heteroatoms. The lowest BCUT2D eigenvalue weighted by Gasteiger charge is -2.34. The zero-order valence-electron chi connectivity index (χ0n) is 12.6. The molecular formula is C17H26N2O. The summed E-state index contributed by atoms with van der Waals surface area (Å²) in [5, 5.41) is 3.51. The topological polar surface area (TPSA) is 24.5 Å². The molecule has 1 aromatic rings. The number of likely N-dealkylation sites (N-methyl/N-ethyl adjacent to an activating group) is 2. The molecule has 1 saturated heterocycles. The molecule has 1 aliphatic heterocycles. The Hall–Kier alpha value is -0.900. The maximum Gasteiger partial charge on any atom is 0.0702 e. The molecule has 0 radical (unpaired) electrons. The number of nitrogens with zero attached hydrogens (tertiary/aromatic N) is 1. The second kappa shape index (κ2) is 6.25. The predicted molar refractivity (Wildman–Crippen MR) is 82.0 cm³/mol. The van der Waals surface area contributed by atoms with Gasteiger partial charge in [0.25, 0.3) is 0 Å². The van der Waals surface area contributed by atoms with Gasteiger partial charge in [0.1, 0.15) is 0 Å². The lowest BCUT2D eigenvalue weighted by Crippen LogP contribution is -2.44. The fraction of sp³-hybridized carbons (Fsp3) is 0.647. The first kappa shape index (κ1) is 14.1. The summed E-state index contributed by atoms with van der Waals surface area (Å²) >= 11 is 0. The number of fused-ring (bicyclic) bond motifs is 1. The van der Waals surface area contributed by atoms with E-state index in [0.717, 1.165) is 19.6 Å². The fourth-order valence-corrected chi connectivity index (χ4v) is 3.74. The summed E-state index contributed by atoms with van der Waals surface area (Å²) in [5.74, 6) is 0. The summed E-state index contributed by atoms with van der Waals surface area (Å²) < 4.78 is 5.89. The van der Waals surface area contributed by atoms with E-state index in [-0.39, 0.29) is 0 Å². The van der Waals surface area contributed by atoms with Crippen LogP contribution in [0.5, 0.6) is 0 Å². The van der Waals surface area contributed by atoms with Crippen LogP contribution in [0.2, 0.25) is 0 Å². The van der Waals surface area contributed by atoms with E-state index in [4.69, 9.17) is 4.74 Å². The van der Waals surface area contributed by atoms with Crippen LogP contribution in [-0.4, -0.2) is 44.3 Å². The van der Waals surface area contributed by atoms with Crippen molar-refractivity contribution in [3.05, 3.63) is 35.4 Å². The molecule has 3 atom stereocenters. The Bertz CT molecular complexity index is 442. The Morgan fingerprint density at radius 2 is 2.15 bits per heavy atom. The van der Waals surface area contributed by atoms with Crippen LogP contribution in [0.4, 0.5) is 0 Å². The lowest BCUT2D eigenvalue weighted by molar-refractivity contribution is -0.00993. The number of hydrogen-bond donors (Lipinski definition) is 1. The van der Waals surface area contributed by atoms with Crippen molar-refractivity contribution in [2.45, 2.75) is 43.9 Å². The molecule has 20 heavy (non-hydrogen) atoms. The summed E-state index contributed by atoms with van der Waals surface area (Å²) in [4.78, 5) is 2.50. The molecule has 1 aromatic carbocycles. The van der Waals surface area contributed by atoms with E-state index in [1.165, 1.54) is 30.4 Å². The van der Waals surface area contributed by atoms with E-state index in [0.29, 0.717) is 18.2 Å². The van der Waals surface area contributed by atoms with Gasteiger partial charge in [0, 0.05) is 25.2 Å². The molecule has 1 heterocycles. The van der Waals surface area contributed by atoms with E-state index in [1.807, 2.05) is 0 Å². The zero-order chi connectivity index (χ0) is 13.9. The number of ether oxygens (including phenoxy) is 1. The van der Waals surface area contributed by atoms with Gasteiger partial charge in [0.15, 0.2) is 0 Å². The van der Waals surface area contributed by atoms with E-state index >= 15 is 0 Å². The molecule has 0 amide bonds. The first-order chi connectivity index (χ1) is 9.79. The van der Waals surface area contributed by atoms with Crippen molar-refractivity contribution in [1.29, 1.82) is 0 Å². The minimum Gasteiger partial charge on any atom is -0.377 e. The molecule has 110 valence electrons. The largest absolute Gasteiger partial charge is 0.377 e. The normalized spacial score (nSPS) is 29.6. The van der Waals surface area contributed by atoms with Crippen molar-refractivity contribution in [2.24, 2.45) is 0 Å². The zero-order valence-corrected chi connectivity index (χ0v) is 12.6. The van der Waals surface area contributed by atoms with E-state index in [2.05, 4.69) is 48.6 Å². The van der Waals surface area contributed by atoms with Crippen LogP contribution in [0.3, 0.4) is 0 Å². The van der Waals surface area contributed by atoms with Crippen LogP contribution in [0.25, 0.3) is 0 Å². The van der Waals surface area contributed by atoms with Crippen molar-refractivity contribution in [3.8, 4) is 0 Å². The van der Waals surface area contributed by atoms with Gasteiger partial charge in [0.05, 0.1) is 6.10 Å². The maximum absolute atomic E-state index is 5.89. The van der Waals surface area contributed by atoms with E-state index in [1.54, 1.807) is 0 Å². The smallest absolute Gasteiger partial charge is 0.0702 e. The van der Waals surface area contributed by atoms with Gasteiger partial charge >= 0.3 is 0 Å². The van der Waals surface area contributed by atoms with Gasteiger partial charge in [-0.25, -0.2) is 0 Å². The number of rotatable bonds is 4. The minimum absolute atomic E-state index is 0.426. The molecule has 3 rings (SSSR count). The quantitative estimate of drug-likeness (QED) is 0.912. The highest BCUT2D eigenvalue weighted by molar-refractivity contribution is 5.37. The first-order valence-electron chi connectivity index (χ1n) is 7.86. The van der Waals surface area contributed by atoms with Gasteiger partial charge in [-0.15, -0.1) is 0 Å². The lowest BCUT2D eigenvalue weighted by atomic mass is 10.0. The monoisotopic (exact) mass is 274 g/mol. The number of hydrogen-bond acceptors (Lipinski definition) is 3. The van der Waals surface area contributed by atoms with E-state index in [9.17, 15) is 0 Å². The van der Waals surface area contributed by atoms with Crippen molar-refractivity contribution >= 4 is 0 Å². The molecule has 0 bridgehead atoms. The highest BCUT2D eigenvalue weighted by Gasteiger charge is 2.34. The minimum atomic E-state index is 0.426. The molecule has 1 fully saturated rings. The Kier molecular flexibility index (Phi) is 4.39. The molecular weight excluding hydrogens is 248 g/mol. The van der Waals surface area contributed by atoms with Crippen LogP contribution in [0, 0.1) is 0 Å². The van der Waals surface area contributed by atoms with Gasteiger partial charge in [-0.05, 0) is 50.9 Å². The molecule has 3 nitrogen and oxygen atoms in total. The Labute approximate surface area is 122 Å². The first-order valence-corrected chi connectivity index (χ1v) is 7.86. The van der Waals surface area contributed by atoms with Crippen molar-refractivity contribution in [1.82, 2.24) is 10.2 Å². The summed E-state index contributed by atoms with van der Waals surface area (Å²) in [6.07, 6.45) is 5.33. The maximum atomic E-state index is 5.89. The number of benzene rings is 1. The molecule has 0 spiro atoms. The standard InChI is InChI=1S/C17H26N2O/c1-18-17-15-9-4-3-7-13(15)11-16(17)19(2)12-14-8-5-6-10-20-14/h3-4,7,9,14,16-18H,5-6,8,10-12H2,1-2H3. The molecule has 0 saturated carbocycles. The highest BCUT2D eigenvalue weighted by Crippen LogP contribution is 2.34. The Balaban J connectivity index is 1.67. The summed E-state index contributed by atoms with van der Waals surface area (Å²) in [5.41, 5.74) is 2.96. The van der Waals surface area contributed by atoms with Crippen LogP contribution in [-0.2, 0) is 11.2 Å². The molecule has 0 aromatic heterocycles. The van der Waals surface area contributed by atoms with Crippen molar-refractivity contribution < 1.29 is 4.74 Å². The van der Waals surface area contributed by atoms with Crippen LogP contribution >= 0.6 is 0 Å². The second-order valence-corrected chi connectivity index (χ2v) is 6.16. The van der Waals surface area contributed by atoms with Gasteiger partial charge in [-0.2, -0.15) is 0 Å². The SMILES string of the molecule is CNC1c2ccccc2CC1N(C)CC1CCCCO1. The molecule has 1 aliphatic carbocycles. The Morgan fingerprint density at radius 1 is 1.30 bits per heavy atom. The highest BCUT2D eigenvalue weighted by atomic mass is 16.5. The van der Waals surface area contributed by atoms with Crippen molar-refractivity contribution in [3.63, 3.8) is 0 Å². The van der Waals surface area contributed by atoms with Crippen LogP contribution in [0.15, 0.2) is 24.3 Å². The third-order valence-corrected chi connectivity index (χ3v) is 4.85. The fourth-order valence-electron chi connectivity index (χ4n) is 3.74. The summed E-state index contributed by atoms with van der Waals surface area (Å²) in [6, 6.07) is 9.82. The van der Waals surface area contributed by atoms with Crippen molar-refractivity contribution in [2.75, 3.05) is 27.2 Å². The third-order valence-electron chi connectivity index (χ3n) is 4.85. The van der Waals surface area contributed by atoms with Gasteiger partial charge < -0.3 is 10.1 Å². The molecule has 2 aliphatic rings. The number of nitrogens with one attached hydrogen (secondary N) is 1. The van der Waals surface area contributed by atoms with Gasteiger partial charge in [-0.3, -0.25) is 4.90 Å². The summed E-state index contributed by atoms with van der Waals surface area (Å²) in [7, 11) is 4.32.